The lowest BCUT2D eigenvalue weighted by Crippen LogP contribution is -2.33. The molecule has 2 rings (SSSR count). The minimum Gasteiger partial charge on any atom is -0.499 e. The zero-order chi connectivity index (χ0) is 26.9. The summed E-state index contributed by atoms with van der Waals surface area (Å²) in [5, 5.41) is 28.4. The third-order valence-electron chi connectivity index (χ3n) is 6.22. The van der Waals surface area contributed by atoms with Gasteiger partial charge in [0.15, 0.2) is 18.5 Å². The van der Waals surface area contributed by atoms with Gasteiger partial charge in [0, 0.05) is 0 Å². The third kappa shape index (κ3) is 8.24. The summed E-state index contributed by atoms with van der Waals surface area (Å²) in [6, 6.07) is 0. The van der Waals surface area contributed by atoms with Gasteiger partial charge in [-0.1, -0.05) is 60.9 Å². The smallest absolute Gasteiger partial charge is 0.378 e. The average Bonchev–Trinajstić information content (AvgIpc) is 3.09. The van der Waals surface area contributed by atoms with E-state index in [1.54, 1.807) is 6.08 Å². The molecule has 0 aromatic heterocycles. The normalized spacial score (nSPS) is 22.0. The van der Waals surface area contributed by atoms with Crippen LogP contribution >= 0.6 is 0 Å². The summed E-state index contributed by atoms with van der Waals surface area (Å²) < 4.78 is 14.9. The molecule has 0 aromatic rings. The maximum absolute atomic E-state index is 11.9. The van der Waals surface area contributed by atoms with Crippen molar-refractivity contribution in [1.29, 1.82) is 0 Å². The van der Waals surface area contributed by atoms with Gasteiger partial charge in [-0.3, -0.25) is 0 Å². The van der Waals surface area contributed by atoms with Crippen molar-refractivity contribution in [2.75, 3.05) is 19.8 Å². The fraction of sp³-hybridized carbons (Fsp3) is 0.500. The Labute approximate surface area is 212 Å². The summed E-state index contributed by atoms with van der Waals surface area (Å²) in [6.45, 7) is 9.42. The highest BCUT2D eigenvalue weighted by atomic mass is 16.6. The molecule has 3 N–H and O–H groups in total. The maximum Gasteiger partial charge on any atom is 0.378 e. The van der Waals surface area contributed by atoms with Gasteiger partial charge in [-0.05, 0) is 57.1 Å². The number of allylic oxidation sites excluding steroid dienone is 9. The summed E-state index contributed by atoms with van der Waals surface area (Å²) in [4.78, 5) is 23.4. The van der Waals surface area contributed by atoms with Crippen LogP contribution in [-0.2, 0) is 23.8 Å². The Bertz CT molecular complexity index is 1010. The van der Waals surface area contributed by atoms with Gasteiger partial charge >= 0.3 is 11.9 Å². The Balaban J connectivity index is 1.82. The van der Waals surface area contributed by atoms with Crippen LogP contribution < -0.4 is 0 Å². The minimum atomic E-state index is -1.49. The fourth-order valence-electron chi connectivity index (χ4n) is 4.10. The molecular formula is C28H38O8. The molecule has 198 valence electrons. The molecule has 2 aliphatic rings. The van der Waals surface area contributed by atoms with Crippen LogP contribution in [0.5, 0.6) is 0 Å². The lowest BCUT2D eigenvalue weighted by atomic mass is 9.72. The minimum absolute atomic E-state index is 0.00658. The number of carbonyl (C=O) groups is 2. The number of hydrogen-bond acceptors (Lipinski definition) is 8. The van der Waals surface area contributed by atoms with Gasteiger partial charge in [-0.25, -0.2) is 9.59 Å². The molecule has 1 heterocycles. The van der Waals surface area contributed by atoms with Crippen molar-refractivity contribution in [2.24, 2.45) is 5.41 Å². The van der Waals surface area contributed by atoms with Crippen LogP contribution in [0.4, 0.5) is 0 Å². The molecule has 36 heavy (non-hydrogen) atoms. The van der Waals surface area contributed by atoms with E-state index >= 15 is 0 Å². The summed E-state index contributed by atoms with van der Waals surface area (Å²) in [5.41, 5.74) is 5.11. The maximum atomic E-state index is 11.9. The summed E-state index contributed by atoms with van der Waals surface area (Å²) >= 11 is 0. The topological polar surface area (TPSA) is 123 Å². The first-order valence-corrected chi connectivity index (χ1v) is 12.1. The second-order valence-corrected chi connectivity index (χ2v) is 9.74. The Morgan fingerprint density at radius 1 is 1.25 bits per heavy atom. The number of ether oxygens (including phenoxy) is 3. The van der Waals surface area contributed by atoms with Crippen molar-refractivity contribution >= 4 is 11.9 Å². The SMILES string of the molecule is CC1=C(/C=C/C(C)=C/C=C/C(C)=C/COC(=O)COC2=C(O)C(=O)OC2C(O)CO)C(C)(C)CCC1. The van der Waals surface area contributed by atoms with E-state index in [0.717, 1.165) is 17.6 Å². The molecule has 0 amide bonds. The van der Waals surface area contributed by atoms with Crippen molar-refractivity contribution < 1.29 is 39.1 Å². The molecule has 0 aromatic carbocycles. The van der Waals surface area contributed by atoms with E-state index in [0.29, 0.717) is 0 Å². The van der Waals surface area contributed by atoms with Crippen LogP contribution in [0.2, 0.25) is 0 Å². The predicted octanol–water partition coefficient (Wildman–Crippen LogP) is 4.13. The number of aliphatic hydroxyl groups is 3. The number of hydrogen-bond donors (Lipinski definition) is 3. The molecule has 0 radical (unpaired) electrons. The Kier molecular flexibility index (Phi) is 10.7. The van der Waals surface area contributed by atoms with E-state index in [4.69, 9.17) is 19.3 Å². The number of rotatable bonds is 11. The predicted molar refractivity (Wildman–Crippen MR) is 136 cm³/mol. The van der Waals surface area contributed by atoms with E-state index in [1.807, 2.05) is 32.1 Å². The first-order valence-electron chi connectivity index (χ1n) is 12.1. The molecule has 2 unspecified atom stereocenters. The van der Waals surface area contributed by atoms with Crippen LogP contribution in [0.15, 0.2) is 70.3 Å². The largest absolute Gasteiger partial charge is 0.499 e. The standard InChI is InChI=1S/C28H38O8/c1-18(11-12-21-20(3)10-7-14-28(21,4)5)8-6-9-19(2)13-15-34-23(31)17-35-26-24(32)27(33)36-25(26)22(30)16-29/h6,8-9,11-13,22,25,29-30,32H,7,10,14-17H2,1-5H3/b9-6+,12-11+,18-8+,19-13+. The fourth-order valence-corrected chi connectivity index (χ4v) is 4.10. The van der Waals surface area contributed by atoms with Crippen molar-refractivity contribution in [3.05, 3.63) is 70.3 Å². The molecule has 0 spiro atoms. The molecule has 8 nitrogen and oxygen atoms in total. The monoisotopic (exact) mass is 502 g/mol. The van der Waals surface area contributed by atoms with Crippen LogP contribution in [0, 0.1) is 5.41 Å². The van der Waals surface area contributed by atoms with E-state index in [1.165, 1.54) is 24.0 Å². The summed E-state index contributed by atoms with van der Waals surface area (Å²) in [5.74, 6) is -3.11. The van der Waals surface area contributed by atoms with Gasteiger partial charge in [-0.15, -0.1) is 0 Å². The Morgan fingerprint density at radius 3 is 2.64 bits per heavy atom. The summed E-state index contributed by atoms with van der Waals surface area (Å²) in [6.07, 6.45) is 12.7. The van der Waals surface area contributed by atoms with Gasteiger partial charge in [0.25, 0.3) is 0 Å². The van der Waals surface area contributed by atoms with E-state index < -0.39 is 48.9 Å². The zero-order valence-electron chi connectivity index (χ0n) is 21.7. The van der Waals surface area contributed by atoms with Gasteiger partial charge in [0.05, 0.1) is 6.61 Å². The number of carbonyl (C=O) groups excluding carboxylic acids is 2. The van der Waals surface area contributed by atoms with Crippen molar-refractivity contribution in [3.63, 3.8) is 0 Å². The molecule has 2 atom stereocenters. The molecule has 1 aliphatic heterocycles. The van der Waals surface area contributed by atoms with Gasteiger partial charge < -0.3 is 29.5 Å². The molecule has 0 saturated carbocycles. The van der Waals surface area contributed by atoms with Crippen LogP contribution in [-0.4, -0.2) is 59.3 Å². The first kappa shape index (κ1) is 29.1. The number of aliphatic hydroxyl groups excluding tert-OH is 3. The molecule has 0 fully saturated rings. The highest BCUT2D eigenvalue weighted by Gasteiger charge is 2.40. The lowest BCUT2D eigenvalue weighted by Gasteiger charge is -2.32. The van der Waals surface area contributed by atoms with Crippen molar-refractivity contribution in [2.45, 2.75) is 66.1 Å². The van der Waals surface area contributed by atoms with E-state index in [-0.39, 0.29) is 12.0 Å². The molecule has 1 aliphatic carbocycles. The summed E-state index contributed by atoms with van der Waals surface area (Å²) in [7, 11) is 0. The van der Waals surface area contributed by atoms with Gasteiger partial charge in [0.2, 0.25) is 5.76 Å². The van der Waals surface area contributed by atoms with Crippen molar-refractivity contribution in [1.82, 2.24) is 0 Å². The highest BCUT2D eigenvalue weighted by Crippen LogP contribution is 2.40. The Hall–Kier alpha value is -3.10. The number of esters is 2. The van der Waals surface area contributed by atoms with Crippen LogP contribution in [0.3, 0.4) is 0 Å². The Morgan fingerprint density at radius 2 is 1.97 bits per heavy atom. The number of cyclic esters (lactones) is 1. The molecule has 0 saturated heterocycles. The zero-order valence-corrected chi connectivity index (χ0v) is 21.7. The molecule has 0 bridgehead atoms. The molecular weight excluding hydrogens is 464 g/mol. The average molecular weight is 503 g/mol. The van der Waals surface area contributed by atoms with Gasteiger partial charge in [-0.2, -0.15) is 0 Å². The first-order chi connectivity index (χ1) is 17.0. The highest BCUT2D eigenvalue weighted by molar-refractivity contribution is 5.89. The van der Waals surface area contributed by atoms with Crippen LogP contribution in [0.25, 0.3) is 0 Å². The molecule has 8 heteroatoms. The van der Waals surface area contributed by atoms with Gasteiger partial charge in [0.1, 0.15) is 12.7 Å². The third-order valence-corrected chi connectivity index (χ3v) is 6.22. The lowest BCUT2D eigenvalue weighted by molar-refractivity contribution is -0.149. The van der Waals surface area contributed by atoms with Crippen molar-refractivity contribution in [3.8, 4) is 0 Å². The van der Waals surface area contributed by atoms with Crippen LogP contribution in [0.1, 0.15) is 53.9 Å². The second-order valence-electron chi connectivity index (χ2n) is 9.74. The quantitative estimate of drug-likeness (QED) is 0.285. The van der Waals surface area contributed by atoms with E-state index in [9.17, 15) is 19.8 Å². The second kappa shape index (κ2) is 13.3. The van der Waals surface area contributed by atoms with E-state index in [2.05, 4.69) is 32.9 Å².